The molecule has 0 saturated carbocycles. The molecule has 1 saturated heterocycles. The van der Waals surface area contributed by atoms with Crippen LogP contribution in [0.2, 0.25) is 0 Å². The van der Waals surface area contributed by atoms with E-state index in [1.165, 1.54) is 36.8 Å². The highest BCUT2D eigenvalue weighted by Crippen LogP contribution is 2.27. The summed E-state index contributed by atoms with van der Waals surface area (Å²) in [6, 6.07) is 6.29. The van der Waals surface area contributed by atoms with E-state index in [9.17, 15) is 4.79 Å². The van der Waals surface area contributed by atoms with E-state index >= 15 is 0 Å². The highest BCUT2D eigenvalue weighted by Gasteiger charge is 2.31. The summed E-state index contributed by atoms with van der Waals surface area (Å²) in [7, 11) is 1.93. The predicted octanol–water partition coefficient (Wildman–Crippen LogP) is 3.92. The first kappa shape index (κ1) is 17.0. The third-order valence-electron chi connectivity index (χ3n) is 4.80. The number of para-hydroxylation sites is 1. The Bertz CT molecular complexity index is 492. The first-order valence-electron chi connectivity index (χ1n) is 8.64. The SMILES string of the molecule is CCCCN1CCCC[C@H]1C(=O)N(C)c1c(C)cccc1C. The van der Waals surface area contributed by atoms with Crippen molar-refractivity contribution < 1.29 is 4.79 Å². The molecule has 3 heteroatoms. The molecule has 1 aromatic rings. The van der Waals surface area contributed by atoms with E-state index < -0.39 is 0 Å². The molecule has 1 amide bonds. The summed E-state index contributed by atoms with van der Waals surface area (Å²) < 4.78 is 0. The Kier molecular flexibility index (Phi) is 6.01. The Morgan fingerprint density at radius 3 is 2.59 bits per heavy atom. The second-order valence-electron chi connectivity index (χ2n) is 6.54. The molecule has 0 aromatic heterocycles. The summed E-state index contributed by atoms with van der Waals surface area (Å²) in [5.41, 5.74) is 3.42. The third kappa shape index (κ3) is 3.70. The van der Waals surface area contributed by atoms with Gasteiger partial charge in [-0.05, 0) is 57.3 Å². The largest absolute Gasteiger partial charge is 0.314 e. The van der Waals surface area contributed by atoms with Crippen molar-refractivity contribution >= 4 is 11.6 Å². The van der Waals surface area contributed by atoms with Crippen LogP contribution in [0.15, 0.2) is 18.2 Å². The maximum atomic E-state index is 13.1. The highest BCUT2D eigenvalue weighted by molar-refractivity contribution is 5.98. The van der Waals surface area contributed by atoms with Gasteiger partial charge < -0.3 is 4.90 Å². The monoisotopic (exact) mass is 302 g/mol. The molecule has 1 aliphatic heterocycles. The topological polar surface area (TPSA) is 23.6 Å². The molecule has 0 N–H and O–H groups in total. The number of aryl methyl sites for hydroxylation is 2. The van der Waals surface area contributed by atoms with Gasteiger partial charge in [-0.25, -0.2) is 0 Å². The van der Waals surface area contributed by atoms with Gasteiger partial charge in [-0.1, -0.05) is 38.0 Å². The molecule has 2 rings (SSSR count). The fourth-order valence-corrected chi connectivity index (χ4v) is 3.57. The van der Waals surface area contributed by atoms with Crippen LogP contribution >= 0.6 is 0 Å². The second kappa shape index (κ2) is 7.77. The Balaban J connectivity index is 2.17. The molecule has 0 radical (unpaired) electrons. The molecular formula is C19H30N2O. The quantitative estimate of drug-likeness (QED) is 0.823. The van der Waals surface area contributed by atoms with Crippen LogP contribution in [0.25, 0.3) is 0 Å². The normalized spacial score (nSPS) is 19.2. The van der Waals surface area contributed by atoms with Crippen molar-refractivity contribution in [3.8, 4) is 0 Å². The van der Waals surface area contributed by atoms with Crippen molar-refractivity contribution in [3.05, 3.63) is 29.3 Å². The lowest BCUT2D eigenvalue weighted by molar-refractivity contribution is -0.124. The molecule has 1 fully saturated rings. The summed E-state index contributed by atoms with van der Waals surface area (Å²) in [6.45, 7) is 8.50. The van der Waals surface area contributed by atoms with Crippen molar-refractivity contribution in [2.75, 3.05) is 25.0 Å². The van der Waals surface area contributed by atoms with Crippen LogP contribution in [-0.2, 0) is 4.79 Å². The molecule has 122 valence electrons. The molecule has 1 atom stereocenters. The van der Waals surface area contributed by atoms with Gasteiger partial charge in [0.25, 0.3) is 0 Å². The number of hydrogen-bond acceptors (Lipinski definition) is 2. The molecule has 0 aliphatic carbocycles. The average molecular weight is 302 g/mol. The van der Waals surface area contributed by atoms with Crippen LogP contribution in [0, 0.1) is 13.8 Å². The van der Waals surface area contributed by atoms with E-state index in [2.05, 4.69) is 43.9 Å². The van der Waals surface area contributed by atoms with Gasteiger partial charge in [0.1, 0.15) is 0 Å². The maximum Gasteiger partial charge on any atom is 0.244 e. The molecular weight excluding hydrogens is 272 g/mol. The molecule has 1 aliphatic rings. The lowest BCUT2D eigenvalue weighted by Crippen LogP contribution is -2.50. The van der Waals surface area contributed by atoms with E-state index in [4.69, 9.17) is 0 Å². The number of amides is 1. The van der Waals surface area contributed by atoms with Crippen LogP contribution in [0.4, 0.5) is 5.69 Å². The standard InChI is InChI=1S/C19H30N2O/c1-5-6-13-21-14-8-7-12-17(21)19(22)20(4)18-15(2)10-9-11-16(18)3/h9-11,17H,5-8,12-14H2,1-4H3/t17-/m0/s1. The summed E-state index contributed by atoms with van der Waals surface area (Å²) in [5.74, 6) is 0.258. The minimum atomic E-state index is 0.0595. The van der Waals surface area contributed by atoms with E-state index in [1.54, 1.807) is 0 Å². The second-order valence-corrected chi connectivity index (χ2v) is 6.54. The first-order valence-corrected chi connectivity index (χ1v) is 8.64. The minimum Gasteiger partial charge on any atom is -0.314 e. The molecule has 1 aromatic carbocycles. The molecule has 0 bridgehead atoms. The smallest absolute Gasteiger partial charge is 0.244 e. The Labute approximate surface area is 135 Å². The molecule has 3 nitrogen and oxygen atoms in total. The number of anilines is 1. The Morgan fingerprint density at radius 1 is 1.27 bits per heavy atom. The maximum absolute atomic E-state index is 13.1. The average Bonchev–Trinajstić information content (AvgIpc) is 2.52. The number of likely N-dealkylation sites (N-methyl/N-ethyl adjacent to an activating group) is 1. The van der Waals surface area contributed by atoms with Gasteiger partial charge in [-0.15, -0.1) is 0 Å². The zero-order chi connectivity index (χ0) is 16.1. The summed E-state index contributed by atoms with van der Waals surface area (Å²) >= 11 is 0. The van der Waals surface area contributed by atoms with Crippen molar-refractivity contribution in [3.63, 3.8) is 0 Å². The van der Waals surface area contributed by atoms with Crippen LogP contribution in [0.5, 0.6) is 0 Å². The number of rotatable bonds is 5. The number of likely N-dealkylation sites (tertiary alicyclic amines) is 1. The predicted molar refractivity (Wildman–Crippen MR) is 93.4 cm³/mol. The van der Waals surface area contributed by atoms with Gasteiger partial charge in [-0.2, -0.15) is 0 Å². The summed E-state index contributed by atoms with van der Waals surface area (Å²) in [5, 5.41) is 0. The van der Waals surface area contributed by atoms with Gasteiger partial charge in [0.15, 0.2) is 0 Å². The van der Waals surface area contributed by atoms with Crippen molar-refractivity contribution in [1.82, 2.24) is 4.90 Å². The zero-order valence-corrected chi connectivity index (χ0v) is 14.6. The summed E-state index contributed by atoms with van der Waals surface area (Å²) in [4.78, 5) is 17.4. The Morgan fingerprint density at radius 2 is 1.95 bits per heavy atom. The number of piperidine rings is 1. The molecule has 1 heterocycles. The number of unbranched alkanes of at least 4 members (excludes halogenated alkanes) is 1. The molecule has 0 unspecified atom stereocenters. The number of nitrogens with zero attached hydrogens (tertiary/aromatic N) is 2. The van der Waals surface area contributed by atoms with Crippen LogP contribution in [0.1, 0.15) is 50.2 Å². The molecule has 22 heavy (non-hydrogen) atoms. The number of benzene rings is 1. The van der Waals surface area contributed by atoms with Gasteiger partial charge in [0.05, 0.1) is 6.04 Å². The zero-order valence-electron chi connectivity index (χ0n) is 14.6. The third-order valence-corrected chi connectivity index (χ3v) is 4.80. The van der Waals surface area contributed by atoms with Crippen LogP contribution < -0.4 is 4.90 Å². The van der Waals surface area contributed by atoms with Crippen LogP contribution in [0.3, 0.4) is 0 Å². The van der Waals surface area contributed by atoms with Crippen molar-refractivity contribution in [1.29, 1.82) is 0 Å². The number of carbonyl (C=O) groups is 1. The minimum absolute atomic E-state index is 0.0595. The van der Waals surface area contributed by atoms with Crippen molar-refractivity contribution in [2.24, 2.45) is 0 Å². The van der Waals surface area contributed by atoms with E-state index in [0.29, 0.717) is 0 Å². The van der Waals surface area contributed by atoms with Crippen molar-refractivity contribution in [2.45, 2.75) is 58.9 Å². The lowest BCUT2D eigenvalue weighted by atomic mass is 9.99. The highest BCUT2D eigenvalue weighted by atomic mass is 16.2. The van der Waals surface area contributed by atoms with E-state index in [0.717, 1.165) is 25.2 Å². The molecule has 0 spiro atoms. The van der Waals surface area contributed by atoms with Gasteiger partial charge in [0, 0.05) is 12.7 Å². The fraction of sp³-hybridized carbons (Fsp3) is 0.632. The van der Waals surface area contributed by atoms with E-state index in [-0.39, 0.29) is 11.9 Å². The van der Waals surface area contributed by atoms with Gasteiger partial charge in [-0.3, -0.25) is 9.69 Å². The number of carbonyl (C=O) groups excluding carboxylic acids is 1. The number of hydrogen-bond donors (Lipinski definition) is 0. The van der Waals surface area contributed by atoms with Gasteiger partial charge in [0.2, 0.25) is 5.91 Å². The Hall–Kier alpha value is -1.35. The fourth-order valence-electron chi connectivity index (χ4n) is 3.57. The lowest BCUT2D eigenvalue weighted by Gasteiger charge is -2.37. The first-order chi connectivity index (χ1) is 10.6. The van der Waals surface area contributed by atoms with Gasteiger partial charge >= 0.3 is 0 Å². The van der Waals surface area contributed by atoms with E-state index in [1.807, 2.05) is 11.9 Å². The van der Waals surface area contributed by atoms with Crippen LogP contribution in [-0.4, -0.2) is 37.0 Å². The summed E-state index contributed by atoms with van der Waals surface area (Å²) in [6.07, 6.45) is 5.75.